The second kappa shape index (κ2) is 4.23. The summed E-state index contributed by atoms with van der Waals surface area (Å²) in [5.74, 6) is 0. The van der Waals surface area contributed by atoms with Crippen LogP contribution in [0.15, 0.2) is 24.3 Å². The molecule has 0 atom stereocenters. The minimum Gasteiger partial charge on any atom is -0.346 e. The van der Waals surface area contributed by atoms with E-state index in [1.807, 2.05) is 24.3 Å². The topological polar surface area (TPSA) is 42.2 Å². The second-order valence-corrected chi connectivity index (χ2v) is 3.11. The van der Waals surface area contributed by atoms with Crippen molar-refractivity contribution in [3.8, 4) is 6.07 Å². The second-order valence-electron chi connectivity index (χ2n) is 3.11. The standard InChI is InChI=1S/C11H11NO2/c12-6-5-9-3-1-2-4-10(9)11-13-7-8-14-11/h1-4,11H,5,7-8H2. The number of hydrogen-bond donors (Lipinski definition) is 0. The van der Waals surface area contributed by atoms with Crippen molar-refractivity contribution in [2.45, 2.75) is 12.7 Å². The number of ether oxygens (including phenoxy) is 2. The molecule has 0 unspecified atom stereocenters. The van der Waals surface area contributed by atoms with E-state index < -0.39 is 0 Å². The maximum absolute atomic E-state index is 8.66. The lowest BCUT2D eigenvalue weighted by atomic mass is 10.1. The molecule has 1 aromatic rings. The summed E-state index contributed by atoms with van der Waals surface area (Å²) in [4.78, 5) is 0. The summed E-state index contributed by atoms with van der Waals surface area (Å²) in [6.45, 7) is 1.26. The van der Waals surface area contributed by atoms with E-state index >= 15 is 0 Å². The Labute approximate surface area is 82.9 Å². The predicted molar refractivity (Wildman–Crippen MR) is 50.4 cm³/mol. The maximum Gasteiger partial charge on any atom is 0.184 e. The molecule has 0 spiro atoms. The van der Waals surface area contributed by atoms with Gasteiger partial charge in [-0.05, 0) is 5.56 Å². The first-order valence-corrected chi connectivity index (χ1v) is 4.60. The summed E-state index contributed by atoms with van der Waals surface area (Å²) in [7, 11) is 0. The Balaban J connectivity index is 2.26. The van der Waals surface area contributed by atoms with Crippen LogP contribution in [-0.2, 0) is 15.9 Å². The Hall–Kier alpha value is -1.37. The Morgan fingerprint density at radius 3 is 2.71 bits per heavy atom. The van der Waals surface area contributed by atoms with Crippen LogP contribution in [0.4, 0.5) is 0 Å². The number of hydrogen-bond acceptors (Lipinski definition) is 3. The van der Waals surface area contributed by atoms with E-state index in [0.717, 1.165) is 11.1 Å². The van der Waals surface area contributed by atoms with Crippen molar-refractivity contribution in [2.75, 3.05) is 13.2 Å². The van der Waals surface area contributed by atoms with E-state index in [4.69, 9.17) is 14.7 Å². The van der Waals surface area contributed by atoms with Gasteiger partial charge in [0, 0.05) is 5.56 Å². The van der Waals surface area contributed by atoms with Gasteiger partial charge in [-0.25, -0.2) is 0 Å². The molecular formula is C11H11NO2. The third-order valence-electron chi connectivity index (χ3n) is 2.20. The van der Waals surface area contributed by atoms with E-state index in [9.17, 15) is 0 Å². The van der Waals surface area contributed by atoms with Crippen LogP contribution in [0.3, 0.4) is 0 Å². The molecule has 1 aliphatic heterocycles. The van der Waals surface area contributed by atoms with Crippen LogP contribution in [0.1, 0.15) is 17.4 Å². The van der Waals surface area contributed by atoms with Gasteiger partial charge in [-0.15, -0.1) is 0 Å². The third kappa shape index (κ3) is 1.77. The van der Waals surface area contributed by atoms with Crippen molar-refractivity contribution in [3.63, 3.8) is 0 Å². The Kier molecular flexibility index (Phi) is 2.78. The summed E-state index contributed by atoms with van der Waals surface area (Å²) in [5.41, 5.74) is 1.97. The molecule has 0 aliphatic carbocycles. The maximum atomic E-state index is 8.66. The van der Waals surface area contributed by atoms with Crippen LogP contribution in [0, 0.1) is 11.3 Å². The molecule has 0 aromatic heterocycles. The highest BCUT2D eigenvalue weighted by atomic mass is 16.7. The van der Waals surface area contributed by atoms with Gasteiger partial charge in [0.25, 0.3) is 0 Å². The van der Waals surface area contributed by atoms with E-state index in [0.29, 0.717) is 19.6 Å². The van der Waals surface area contributed by atoms with Gasteiger partial charge in [-0.1, -0.05) is 24.3 Å². The lowest BCUT2D eigenvalue weighted by Crippen LogP contribution is -2.02. The minimum atomic E-state index is -0.278. The highest BCUT2D eigenvalue weighted by Gasteiger charge is 2.20. The van der Waals surface area contributed by atoms with Crippen molar-refractivity contribution < 1.29 is 9.47 Å². The highest BCUT2D eigenvalue weighted by Crippen LogP contribution is 2.26. The van der Waals surface area contributed by atoms with Gasteiger partial charge in [0.2, 0.25) is 0 Å². The van der Waals surface area contributed by atoms with Crippen LogP contribution >= 0.6 is 0 Å². The fourth-order valence-corrected chi connectivity index (χ4v) is 1.55. The van der Waals surface area contributed by atoms with Gasteiger partial charge in [-0.2, -0.15) is 5.26 Å². The average molecular weight is 189 g/mol. The van der Waals surface area contributed by atoms with Crippen LogP contribution < -0.4 is 0 Å². The van der Waals surface area contributed by atoms with Gasteiger partial charge in [-0.3, -0.25) is 0 Å². The molecule has 14 heavy (non-hydrogen) atoms. The Bertz CT molecular complexity index is 351. The highest BCUT2D eigenvalue weighted by molar-refractivity contribution is 5.30. The molecule has 0 N–H and O–H groups in total. The molecule has 1 aliphatic rings. The number of nitriles is 1. The fraction of sp³-hybridized carbons (Fsp3) is 0.364. The van der Waals surface area contributed by atoms with Gasteiger partial charge >= 0.3 is 0 Å². The van der Waals surface area contributed by atoms with Gasteiger partial charge in [0.05, 0.1) is 25.7 Å². The van der Waals surface area contributed by atoms with Crippen LogP contribution in [0.25, 0.3) is 0 Å². The van der Waals surface area contributed by atoms with Gasteiger partial charge < -0.3 is 9.47 Å². The molecule has 0 amide bonds. The lowest BCUT2D eigenvalue weighted by Gasteiger charge is -2.12. The first-order chi connectivity index (χ1) is 6.92. The number of rotatable bonds is 2. The van der Waals surface area contributed by atoms with E-state index in [2.05, 4.69) is 6.07 Å². The van der Waals surface area contributed by atoms with E-state index in [-0.39, 0.29) is 6.29 Å². The molecular weight excluding hydrogens is 178 g/mol. The molecule has 1 saturated heterocycles. The molecule has 1 heterocycles. The quantitative estimate of drug-likeness (QED) is 0.712. The fourth-order valence-electron chi connectivity index (χ4n) is 1.55. The van der Waals surface area contributed by atoms with Crippen LogP contribution in [-0.4, -0.2) is 13.2 Å². The van der Waals surface area contributed by atoms with E-state index in [1.54, 1.807) is 0 Å². The number of benzene rings is 1. The zero-order chi connectivity index (χ0) is 9.80. The van der Waals surface area contributed by atoms with Crippen molar-refractivity contribution in [1.29, 1.82) is 5.26 Å². The van der Waals surface area contributed by atoms with Gasteiger partial charge in [0.1, 0.15) is 0 Å². The normalized spacial score (nSPS) is 16.8. The largest absolute Gasteiger partial charge is 0.346 e. The SMILES string of the molecule is N#CCc1ccccc1C1OCCO1. The average Bonchev–Trinajstić information content (AvgIpc) is 2.72. The third-order valence-corrected chi connectivity index (χ3v) is 2.20. The molecule has 3 nitrogen and oxygen atoms in total. The molecule has 2 rings (SSSR count). The minimum absolute atomic E-state index is 0.278. The summed E-state index contributed by atoms with van der Waals surface area (Å²) in [6.07, 6.45) is 0.124. The molecule has 1 fully saturated rings. The van der Waals surface area contributed by atoms with Crippen molar-refractivity contribution in [3.05, 3.63) is 35.4 Å². The molecule has 0 bridgehead atoms. The summed E-state index contributed by atoms with van der Waals surface area (Å²) < 4.78 is 10.8. The van der Waals surface area contributed by atoms with Crippen molar-refractivity contribution >= 4 is 0 Å². The van der Waals surface area contributed by atoms with Gasteiger partial charge in [0.15, 0.2) is 6.29 Å². The van der Waals surface area contributed by atoms with Crippen molar-refractivity contribution in [2.24, 2.45) is 0 Å². The number of nitrogens with zero attached hydrogens (tertiary/aromatic N) is 1. The molecule has 0 radical (unpaired) electrons. The van der Waals surface area contributed by atoms with Crippen LogP contribution in [0.2, 0.25) is 0 Å². The molecule has 0 saturated carbocycles. The zero-order valence-corrected chi connectivity index (χ0v) is 7.77. The zero-order valence-electron chi connectivity index (χ0n) is 7.77. The smallest absolute Gasteiger partial charge is 0.184 e. The Morgan fingerprint density at radius 2 is 2.00 bits per heavy atom. The molecule has 3 heteroatoms. The van der Waals surface area contributed by atoms with Crippen LogP contribution in [0.5, 0.6) is 0 Å². The summed E-state index contributed by atoms with van der Waals surface area (Å²) >= 11 is 0. The lowest BCUT2D eigenvalue weighted by molar-refractivity contribution is -0.0446. The van der Waals surface area contributed by atoms with Crippen molar-refractivity contribution in [1.82, 2.24) is 0 Å². The first-order valence-electron chi connectivity index (χ1n) is 4.60. The first kappa shape index (κ1) is 9.20. The predicted octanol–water partition coefficient (Wildman–Crippen LogP) is 1.80. The molecule has 72 valence electrons. The summed E-state index contributed by atoms with van der Waals surface area (Å²) in [6, 6.07) is 9.87. The Morgan fingerprint density at radius 1 is 1.29 bits per heavy atom. The molecule has 1 aromatic carbocycles. The monoisotopic (exact) mass is 189 g/mol. The van der Waals surface area contributed by atoms with E-state index in [1.165, 1.54) is 0 Å². The summed E-state index contributed by atoms with van der Waals surface area (Å²) in [5, 5.41) is 8.66.